The third-order valence-electron chi connectivity index (χ3n) is 3.68. The van der Waals surface area contributed by atoms with Crippen LogP contribution in [0, 0.1) is 11.3 Å². The number of ether oxygens (including phenoxy) is 1. The molecule has 2 nitrogen and oxygen atoms in total. The molecule has 2 atom stereocenters. The van der Waals surface area contributed by atoms with Gasteiger partial charge in [-0.15, -0.1) is 0 Å². The summed E-state index contributed by atoms with van der Waals surface area (Å²) in [5, 5.41) is 7.93. The van der Waals surface area contributed by atoms with Gasteiger partial charge in [-0.2, -0.15) is 11.8 Å². The standard InChI is InChI=1S/C20H35NOS/c1-6-9-10-11-12-19(8-3)16-23-14-13-20(21)22-18(5)15-17(4)7-2/h8,10-12,17-18,21H,3,6-7,9,13-16H2,1-2,4-5H3/b11-10-,19-12+,21-20?. The quantitative estimate of drug-likeness (QED) is 0.183. The Labute approximate surface area is 148 Å². The lowest BCUT2D eigenvalue weighted by Gasteiger charge is -2.18. The van der Waals surface area contributed by atoms with Crippen LogP contribution in [-0.2, 0) is 4.74 Å². The maximum Gasteiger partial charge on any atom is 0.181 e. The van der Waals surface area contributed by atoms with Crippen molar-refractivity contribution in [3.05, 3.63) is 36.5 Å². The van der Waals surface area contributed by atoms with Gasteiger partial charge < -0.3 is 4.74 Å². The Morgan fingerprint density at radius 2 is 2.04 bits per heavy atom. The van der Waals surface area contributed by atoms with Gasteiger partial charge in [0.15, 0.2) is 5.90 Å². The fourth-order valence-electron chi connectivity index (χ4n) is 2.07. The van der Waals surface area contributed by atoms with Crippen molar-refractivity contribution in [3.8, 4) is 0 Å². The average molecular weight is 338 g/mol. The molecular formula is C20H35NOS. The number of allylic oxidation sites excluding steroid dienone is 4. The van der Waals surface area contributed by atoms with E-state index in [4.69, 9.17) is 10.1 Å². The Hall–Kier alpha value is -0.960. The van der Waals surface area contributed by atoms with E-state index in [1.807, 2.05) is 17.8 Å². The summed E-state index contributed by atoms with van der Waals surface area (Å²) in [4.78, 5) is 0. The van der Waals surface area contributed by atoms with Gasteiger partial charge in [0.1, 0.15) is 0 Å². The third-order valence-corrected chi connectivity index (χ3v) is 4.71. The van der Waals surface area contributed by atoms with Crippen molar-refractivity contribution >= 4 is 17.7 Å². The fraction of sp³-hybridized carbons (Fsp3) is 0.650. The molecule has 0 amide bonds. The van der Waals surface area contributed by atoms with Crippen molar-refractivity contribution in [2.45, 2.75) is 65.9 Å². The van der Waals surface area contributed by atoms with E-state index in [0.29, 0.717) is 18.2 Å². The SMILES string of the molecule is C=C/C(=C\C=C/CCC)CSCCC(=N)OC(C)CC(C)CC. The minimum atomic E-state index is 0.148. The molecule has 0 spiro atoms. The highest BCUT2D eigenvalue weighted by molar-refractivity contribution is 7.99. The average Bonchev–Trinajstić information content (AvgIpc) is 2.52. The van der Waals surface area contributed by atoms with Crippen LogP contribution >= 0.6 is 11.8 Å². The van der Waals surface area contributed by atoms with Crippen molar-refractivity contribution in [2.75, 3.05) is 11.5 Å². The minimum absolute atomic E-state index is 0.148. The zero-order chi connectivity index (χ0) is 17.5. The molecule has 0 rings (SSSR count). The van der Waals surface area contributed by atoms with Crippen molar-refractivity contribution < 1.29 is 4.74 Å². The summed E-state index contributed by atoms with van der Waals surface area (Å²) in [6.07, 6.45) is 13.7. The molecule has 1 N–H and O–H groups in total. The first-order valence-corrected chi connectivity index (χ1v) is 9.98. The maximum atomic E-state index is 7.93. The molecule has 0 aliphatic rings. The molecule has 0 aromatic carbocycles. The number of thioether (sulfide) groups is 1. The summed E-state index contributed by atoms with van der Waals surface area (Å²) in [6, 6.07) is 0. The van der Waals surface area contributed by atoms with E-state index >= 15 is 0 Å². The Balaban J connectivity index is 3.92. The lowest BCUT2D eigenvalue weighted by Crippen LogP contribution is -2.17. The second kappa shape index (κ2) is 14.6. The van der Waals surface area contributed by atoms with Gasteiger partial charge in [0.05, 0.1) is 6.10 Å². The number of nitrogens with one attached hydrogen (secondary N) is 1. The van der Waals surface area contributed by atoms with Gasteiger partial charge in [0.2, 0.25) is 0 Å². The topological polar surface area (TPSA) is 33.1 Å². The monoisotopic (exact) mass is 337 g/mol. The predicted molar refractivity (Wildman–Crippen MR) is 107 cm³/mol. The summed E-state index contributed by atoms with van der Waals surface area (Å²) < 4.78 is 5.67. The van der Waals surface area contributed by atoms with Crippen LogP contribution in [0.4, 0.5) is 0 Å². The third kappa shape index (κ3) is 13.2. The van der Waals surface area contributed by atoms with Crippen molar-refractivity contribution in [1.29, 1.82) is 5.41 Å². The summed E-state index contributed by atoms with van der Waals surface area (Å²) in [5.41, 5.74) is 1.24. The van der Waals surface area contributed by atoms with Crippen LogP contribution in [0.2, 0.25) is 0 Å². The number of unbranched alkanes of at least 4 members (excludes halogenated alkanes) is 1. The molecule has 0 aliphatic heterocycles. The highest BCUT2D eigenvalue weighted by atomic mass is 32.2. The molecule has 0 bridgehead atoms. The highest BCUT2D eigenvalue weighted by Crippen LogP contribution is 2.14. The molecule has 2 unspecified atom stereocenters. The van der Waals surface area contributed by atoms with Gasteiger partial charge in [-0.05, 0) is 31.3 Å². The van der Waals surface area contributed by atoms with E-state index in [1.165, 1.54) is 18.4 Å². The molecule has 0 aliphatic carbocycles. The lowest BCUT2D eigenvalue weighted by atomic mass is 10.0. The molecule has 0 radical (unpaired) electrons. The van der Waals surface area contributed by atoms with Gasteiger partial charge in [0, 0.05) is 17.9 Å². The summed E-state index contributed by atoms with van der Waals surface area (Å²) in [6.45, 7) is 12.5. The molecule has 0 fully saturated rings. The fourth-order valence-corrected chi connectivity index (χ4v) is 2.99. The Bertz CT molecular complexity index is 387. The summed E-state index contributed by atoms with van der Waals surface area (Å²) in [5.74, 6) is 2.93. The first-order valence-electron chi connectivity index (χ1n) is 8.83. The minimum Gasteiger partial charge on any atom is -0.478 e. The van der Waals surface area contributed by atoms with E-state index in [0.717, 1.165) is 24.3 Å². The van der Waals surface area contributed by atoms with Crippen LogP contribution in [-0.4, -0.2) is 23.5 Å². The van der Waals surface area contributed by atoms with E-state index in [2.05, 4.69) is 52.5 Å². The maximum absolute atomic E-state index is 7.93. The molecule has 0 heterocycles. The molecule has 0 saturated heterocycles. The second-order valence-electron chi connectivity index (χ2n) is 6.07. The van der Waals surface area contributed by atoms with E-state index < -0.39 is 0 Å². The summed E-state index contributed by atoms with van der Waals surface area (Å²) in [7, 11) is 0. The van der Waals surface area contributed by atoms with Gasteiger partial charge in [-0.1, -0.05) is 64.5 Å². The predicted octanol–water partition coefficient (Wildman–Crippen LogP) is 6.40. The molecule has 0 saturated carbocycles. The van der Waals surface area contributed by atoms with Gasteiger partial charge in [0.25, 0.3) is 0 Å². The second-order valence-corrected chi connectivity index (χ2v) is 7.17. The van der Waals surface area contributed by atoms with Crippen LogP contribution in [0.25, 0.3) is 0 Å². The van der Waals surface area contributed by atoms with Crippen LogP contribution in [0.1, 0.15) is 59.8 Å². The Morgan fingerprint density at radius 3 is 2.65 bits per heavy atom. The summed E-state index contributed by atoms with van der Waals surface area (Å²) >= 11 is 1.83. The van der Waals surface area contributed by atoms with Gasteiger partial charge in [-0.25, -0.2) is 0 Å². The Morgan fingerprint density at radius 1 is 1.30 bits per heavy atom. The van der Waals surface area contributed by atoms with Gasteiger partial charge in [-0.3, -0.25) is 5.41 Å². The number of hydrogen-bond acceptors (Lipinski definition) is 3. The highest BCUT2D eigenvalue weighted by Gasteiger charge is 2.10. The van der Waals surface area contributed by atoms with Crippen LogP contribution in [0.3, 0.4) is 0 Å². The van der Waals surface area contributed by atoms with Crippen molar-refractivity contribution in [3.63, 3.8) is 0 Å². The normalized spacial score (nSPS) is 14.7. The molecule has 132 valence electrons. The smallest absolute Gasteiger partial charge is 0.181 e. The first-order chi connectivity index (χ1) is 11.0. The first kappa shape index (κ1) is 22.0. The number of rotatable bonds is 13. The van der Waals surface area contributed by atoms with E-state index in [1.54, 1.807) is 0 Å². The lowest BCUT2D eigenvalue weighted by molar-refractivity contribution is 0.169. The molecule has 0 aromatic rings. The van der Waals surface area contributed by atoms with Crippen LogP contribution in [0.15, 0.2) is 36.5 Å². The van der Waals surface area contributed by atoms with Crippen LogP contribution in [0.5, 0.6) is 0 Å². The zero-order valence-corrected chi connectivity index (χ0v) is 16.3. The molecule has 23 heavy (non-hydrogen) atoms. The van der Waals surface area contributed by atoms with Crippen molar-refractivity contribution in [1.82, 2.24) is 0 Å². The van der Waals surface area contributed by atoms with Crippen LogP contribution < -0.4 is 0 Å². The van der Waals surface area contributed by atoms with E-state index in [-0.39, 0.29) is 6.10 Å². The largest absolute Gasteiger partial charge is 0.478 e. The molecule has 3 heteroatoms. The Kier molecular flexibility index (Phi) is 14.0. The van der Waals surface area contributed by atoms with E-state index in [9.17, 15) is 0 Å². The molecule has 0 aromatic heterocycles. The number of hydrogen-bond donors (Lipinski definition) is 1. The van der Waals surface area contributed by atoms with Crippen molar-refractivity contribution in [2.24, 2.45) is 5.92 Å². The molecular weight excluding hydrogens is 302 g/mol. The zero-order valence-electron chi connectivity index (χ0n) is 15.4. The van der Waals surface area contributed by atoms with Gasteiger partial charge >= 0.3 is 0 Å².